The summed E-state index contributed by atoms with van der Waals surface area (Å²) in [4.78, 5) is 17.1. The molecule has 0 spiro atoms. The van der Waals surface area contributed by atoms with E-state index in [4.69, 9.17) is 11.6 Å². The van der Waals surface area contributed by atoms with E-state index < -0.39 is 0 Å². The lowest BCUT2D eigenvalue weighted by atomic mass is 10.1. The summed E-state index contributed by atoms with van der Waals surface area (Å²) in [6, 6.07) is 18.2. The van der Waals surface area contributed by atoms with E-state index in [-0.39, 0.29) is 23.0 Å². The summed E-state index contributed by atoms with van der Waals surface area (Å²) in [7, 11) is 0. The smallest absolute Gasteiger partial charge is 0.257 e. The van der Waals surface area contributed by atoms with E-state index in [9.17, 15) is 9.90 Å². The lowest BCUT2D eigenvalue weighted by Crippen LogP contribution is -2.22. The standard InChI is InChI=1S/C20H15ClN4O2/c21-15-8-4-7-14(9-15)17-10-18(26)25-19(24-17)16(12-23-25)20(27)22-11-13-5-2-1-3-6-13/h1-10,12,26H,11H2,(H,22,27). The van der Waals surface area contributed by atoms with Gasteiger partial charge in [-0.25, -0.2) is 4.98 Å². The van der Waals surface area contributed by atoms with Gasteiger partial charge in [0.15, 0.2) is 5.65 Å². The number of rotatable bonds is 4. The fourth-order valence-electron chi connectivity index (χ4n) is 2.78. The Kier molecular flexibility index (Phi) is 4.48. The number of nitrogens with one attached hydrogen (secondary N) is 1. The summed E-state index contributed by atoms with van der Waals surface area (Å²) in [5.74, 6) is -0.430. The predicted molar refractivity (Wildman–Crippen MR) is 103 cm³/mol. The van der Waals surface area contributed by atoms with Crippen LogP contribution in [0.2, 0.25) is 5.02 Å². The second-order valence-corrected chi connectivity index (χ2v) is 6.41. The van der Waals surface area contributed by atoms with Crippen LogP contribution in [0, 0.1) is 0 Å². The maximum Gasteiger partial charge on any atom is 0.257 e. The average Bonchev–Trinajstić information content (AvgIpc) is 3.12. The van der Waals surface area contributed by atoms with E-state index in [0.29, 0.717) is 17.3 Å². The largest absolute Gasteiger partial charge is 0.493 e. The number of benzene rings is 2. The number of carbonyl (C=O) groups is 1. The summed E-state index contributed by atoms with van der Waals surface area (Å²) < 4.78 is 1.23. The fourth-order valence-corrected chi connectivity index (χ4v) is 2.97. The minimum atomic E-state index is -0.316. The van der Waals surface area contributed by atoms with E-state index in [2.05, 4.69) is 15.4 Å². The molecule has 0 saturated carbocycles. The Hall–Kier alpha value is -3.38. The van der Waals surface area contributed by atoms with Crippen LogP contribution in [0.1, 0.15) is 15.9 Å². The quantitative estimate of drug-likeness (QED) is 0.567. The van der Waals surface area contributed by atoms with Crippen LogP contribution in [-0.2, 0) is 6.54 Å². The van der Waals surface area contributed by atoms with Crippen LogP contribution in [0.3, 0.4) is 0 Å². The van der Waals surface area contributed by atoms with Gasteiger partial charge in [-0.15, -0.1) is 0 Å². The first-order chi connectivity index (χ1) is 13.1. The number of amides is 1. The summed E-state index contributed by atoms with van der Waals surface area (Å²) in [5.41, 5.74) is 2.77. The molecule has 4 aromatic rings. The van der Waals surface area contributed by atoms with Crippen LogP contribution in [-0.4, -0.2) is 25.6 Å². The molecule has 7 heteroatoms. The molecule has 0 saturated heterocycles. The first kappa shape index (κ1) is 17.1. The molecule has 0 aliphatic heterocycles. The maximum atomic E-state index is 12.6. The summed E-state index contributed by atoms with van der Waals surface area (Å²) in [5, 5.41) is 17.7. The van der Waals surface area contributed by atoms with Gasteiger partial charge < -0.3 is 10.4 Å². The summed E-state index contributed by atoms with van der Waals surface area (Å²) >= 11 is 6.04. The van der Waals surface area contributed by atoms with E-state index >= 15 is 0 Å². The van der Waals surface area contributed by atoms with Crippen LogP contribution < -0.4 is 5.32 Å². The van der Waals surface area contributed by atoms with E-state index in [1.807, 2.05) is 36.4 Å². The van der Waals surface area contributed by atoms with E-state index in [1.165, 1.54) is 16.8 Å². The van der Waals surface area contributed by atoms with Gasteiger partial charge in [0.25, 0.3) is 5.91 Å². The number of carbonyl (C=O) groups excluding carboxylic acids is 1. The molecule has 0 atom stereocenters. The molecule has 0 aliphatic carbocycles. The third kappa shape index (κ3) is 3.47. The molecule has 0 bridgehead atoms. The van der Waals surface area contributed by atoms with Crippen molar-refractivity contribution < 1.29 is 9.90 Å². The highest BCUT2D eigenvalue weighted by molar-refractivity contribution is 6.30. The van der Waals surface area contributed by atoms with E-state index in [1.54, 1.807) is 18.2 Å². The molecule has 0 radical (unpaired) electrons. The predicted octanol–water partition coefficient (Wildman–Crippen LogP) is 3.69. The highest BCUT2D eigenvalue weighted by Gasteiger charge is 2.17. The first-order valence-electron chi connectivity index (χ1n) is 8.27. The number of nitrogens with zero attached hydrogens (tertiary/aromatic N) is 3. The minimum Gasteiger partial charge on any atom is -0.493 e. The zero-order valence-electron chi connectivity index (χ0n) is 14.1. The van der Waals surface area contributed by atoms with Crippen molar-refractivity contribution in [1.29, 1.82) is 0 Å². The number of halogens is 1. The molecule has 0 fully saturated rings. The molecular formula is C20H15ClN4O2. The lowest BCUT2D eigenvalue weighted by molar-refractivity contribution is 0.0952. The first-order valence-corrected chi connectivity index (χ1v) is 8.65. The Bertz CT molecular complexity index is 1130. The van der Waals surface area contributed by atoms with Crippen molar-refractivity contribution in [3.05, 3.63) is 83.0 Å². The van der Waals surface area contributed by atoms with Gasteiger partial charge in [-0.3, -0.25) is 4.79 Å². The summed E-state index contributed by atoms with van der Waals surface area (Å²) in [6.07, 6.45) is 1.39. The number of hydrogen-bond donors (Lipinski definition) is 2. The van der Waals surface area contributed by atoms with Gasteiger partial charge in [-0.2, -0.15) is 9.61 Å². The molecular weight excluding hydrogens is 364 g/mol. The number of hydrogen-bond acceptors (Lipinski definition) is 4. The summed E-state index contributed by atoms with van der Waals surface area (Å²) in [6.45, 7) is 0.386. The lowest BCUT2D eigenvalue weighted by Gasteiger charge is -2.06. The third-order valence-corrected chi connectivity index (χ3v) is 4.35. The molecule has 2 aromatic carbocycles. The van der Waals surface area contributed by atoms with Crippen molar-refractivity contribution in [3.63, 3.8) is 0 Å². The van der Waals surface area contributed by atoms with Crippen molar-refractivity contribution >= 4 is 23.2 Å². The van der Waals surface area contributed by atoms with Crippen molar-refractivity contribution in [2.75, 3.05) is 0 Å². The van der Waals surface area contributed by atoms with Crippen LogP contribution in [0.15, 0.2) is 66.9 Å². The molecule has 2 heterocycles. The monoisotopic (exact) mass is 378 g/mol. The zero-order chi connectivity index (χ0) is 18.8. The second-order valence-electron chi connectivity index (χ2n) is 5.97. The second kappa shape index (κ2) is 7.09. The minimum absolute atomic E-state index is 0.114. The number of fused-ring (bicyclic) bond motifs is 1. The van der Waals surface area contributed by atoms with Crippen molar-refractivity contribution in [2.45, 2.75) is 6.54 Å². The van der Waals surface area contributed by atoms with E-state index in [0.717, 1.165) is 11.1 Å². The zero-order valence-corrected chi connectivity index (χ0v) is 14.9. The van der Waals surface area contributed by atoms with Crippen LogP contribution in [0.25, 0.3) is 16.9 Å². The molecule has 2 aromatic heterocycles. The normalized spacial score (nSPS) is 10.9. The Balaban J connectivity index is 1.68. The Morgan fingerprint density at radius 3 is 2.70 bits per heavy atom. The van der Waals surface area contributed by atoms with Gasteiger partial charge >= 0.3 is 0 Å². The van der Waals surface area contributed by atoms with Gasteiger partial charge in [-0.1, -0.05) is 54.1 Å². The molecule has 0 unspecified atom stereocenters. The number of aromatic nitrogens is 3. The van der Waals surface area contributed by atoms with Gasteiger partial charge in [0.1, 0.15) is 5.56 Å². The third-order valence-electron chi connectivity index (χ3n) is 4.11. The Morgan fingerprint density at radius 1 is 1.11 bits per heavy atom. The molecule has 1 amide bonds. The van der Waals surface area contributed by atoms with Gasteiger partial charge in [-0.05, 0) is 17.7 Å². The van der Waals surface area contributed by atoms with Crippen molar-refractivity contribution in [1.82, 2.24) is 19.9 Å². The highest BCUT2D eigenvalue weighted by atomic mass is 35.5. The van der Waals surface area contributed by atoms with Crippen molar-refractivity contribution in [2.24, 2.45) is 0 Å². The van der Waals surface area contributed by atoms with Gasteiger partial charge in [0, 0.05) is 23.2 Å². The maximum absolute atomic E-state index is 12.6. The molecule has 4 rings (SSSR count). The highest BCUT2D eigenvalue weighted by Crippen LogP contribution is 2.26. The van der Waals surface area contributed by atoms with Gasteiger partial charge in [0.2, 0.25) is 5.88 Å². The topological polar surface area (TPSA) is 79.5 Å². The van der Waals surface area contributed by atoms with Crippen LogP contribution in [0.4, 0.5) is 0 Å². The fraction of sp³-hybridized carbons (Fsp3) is 0.0500. The number of aromatic hydroxyl groups is 1. The average molecular weight is 379 g/mol. The molecule has 0 aliphatic rings. The van der Waals surface area contributed by atoms with Crippen molar-refractivity contribution in [3.8, 4) is 17.1 Å². The molecule has 2 N–H and O–H groups in total. The van der Waals surface area contributed by atoms with Crippen LogP contribution >= 0.6 is 11.6 Å². The molecule has 6 nitrogen and oxygen atoms in total. The van der Waals surface area contributed by atoms with Crippen LogP contribution in [0.5, 0.6) is 5.88 Å². The van der Waals surface area contributed by atoms with Gasteiger partial charge in [0.05, 0.1) is 11.9 Å². The Morgan fingerprint density at radius 2 is 1.93 bits per heavy atom. The molecule has 134 valence electrons. The molecule has 27 heavy (non-hydrogen) atoms. The Labute approximate surface area is 160 Å². The SMILES string of the molecule is O=C(NCc1ccccc1)c1cnn2c(O)cc(-c3cccc(Cl)c3)nc12.